The number of ether oxygens (including phenoxy) is 1. The molecule has 1 fully saturated rings. The maximum absolute atomic E-state index is 10.9. The Bertz CT molecular complexity index is 458. The molecule has 6 nitrogen and oxygen atoms in total. The summed E-state index contributed by atoms with van der Waals surface area (Å²) in [5.74, 6) is 0. The summed E-state index contributed by atoms with van der Waals surface area (Å²) in [7, 11) is 0. The van der Waals surface area contributed by atoms with E-state index in [9.17, 15) is 4.79 Å². The molecule has 0 radical (unpaired) electrons. The number of rotatable bonds is 4. The van der Waals surface area contributed by atoms with Crippen molar-refractivity contribution >= 4 is 17.4 Å². The number of primary amides is 1. The molecule has 0 aromatic heterocycles. The van der Waals surface area contributed by atoms with Crippen LogP contribution in [0.5, 0.6) is 0 Å². The number of carbonyl (C=O) groups is 1. The largest absolute Gasteiger partial charge is 0.399 e. The number of nitrogens with one attached hydrogen (secondary N) is 1. The van der Waals surface area contributed by atoms with Gasteiger partial charge in [0.15, 0.2) is 0 Å². The molecule has 19 heavy (non-hydrogen) atoms. The Hall–Kier alpha value is -1.95. The Balaban J connectivity index is 2.21. The van der Waals surface area contributed by atoms with Crippen LogP contribution in [0.15, 0.2) is 18.2 Å². The highest BCUT2D eigenvalue weighted by molar-refractivity contribution is 5.72. The number of anilines is 2. The van der Waals surface area contributed by atoms with E-state index in [0.717, 1.165) is 36.4 Å². The Morgan fingerprint density at radius 1 is 1.58 bits per heavy atom. The van der Waals surface area contributed by atoms with Gasteiger partial charge in [0.2, 0.25) is 0 Å². The average molecular weight is 264 g/mol. The minimum absolute atomic E-state index is 0.0332. The van der Waals surface area contributed by atoms with Crippen LogP contribution in [0.25, 0.3) is 0 Å². The highest BCUT2D eigenvalue weighted by atomic mass is 16.5. The summed E-state index contributed by atoms with van der Waals surface area (Å²) in [5.41, 5.74) is 13.7. The van der Waals surface area contributed by atoms with Crippen molar-refractivity contribution < 1.29 is 9.53 Å². The summed E-state index contributed by atoms with van der Waals surface area (Å²) in [6.07, 6.45) is 1.92. The van der Waals surface area contributed by atoms with Gasteiger partial charge in [-0.05, 0) is 43.5 Å². The molecule has 0 bridgehead atoms. The molecule has 0 aliphatic carbocycles. The summed E-state index contributed by atoms with van der Waals surface area (Å²) >= 11 is 0. The van der Waals surface area contributed by atoms with Gasteiger partial charge in [-0.15, -0.1) is 0 Å². The van der Waals surface area contributed by atoms with E-state index >= 15 is 0 Å². The molecule has 1 unspecified atom stereocenters. The van der Waals surface area contributed by atoms with Gasteiger partial charge >= 0.3 is 6.03 Å². The van der Waals surface area contributed by atoms with E-state index in [4.69, 9.17) is 16.2 Å². The van der Waals surface area contributed by atoms with Gasteiger partial charge < -0.3 is 26.4 Å². The normalized spacial score (nSPS) is 18.3. The third-order valence-electron chi connectivity index (χ3n) is 3.21. The number of nitrogen functional groups attached to an aromatic ring is 1. The van der Waals surface area contributed by atoms with Gasteiger partial charge in [-0.2, -0.15) is 0 Å². The maximum Gasteiger partial charge on any atom is 0.313 e. The van der Waals surface area contributed by atoms with E-state index in [1.807, 2.05) is 30.0 Å². The van der Waals surface area contributed by atoms with Gasteiger partial charge in [-0.3, -0.25) is 0 Å². The molecule has 104 valence electrons. The van der Waals surface area contributed by atoms with E-state index in [0.29, 0.717) is 6.67 Å². The van der Waals surface area contributed by atoms with E-state index in [1.54, 1.807) is 0 Å². The van der Waals surface area contributed by atoms with E-state index in [2.05, 4.69) is 5.32 Å². The lowest BCUT2D eigenvalue weighted by Gasteiger charge is -2.31. The first-order valence-electron chi connectivity index (χ1n) is 6.35. The number of amides is 2. The molecule has 1 heterocycles. The molecule has 0 spiro atoms. The number of nitrogens with two attached hydrogens (primary N) is 2. The molecular formula is C13H20N4O2. The molecular weight excluding hydrogens is 244 g/mol. The SMILES string of the molecule is Cc1cc(N)ccc1N(CNC(N)=O)C1CCCO1. The van der Waals surface area contributed by atoms with Gasteiger partial charge in [0.05, 0.1) is 6.67 Å². The van der Waals surface area contributed by atoms with Crippen molar-refractivity contribution in [1.82, 2.24) is 5.32 Å². The van der Waals surface area contributed by atoms with E-state index in [1.165, 1.54) is 0 Å². The number of nitrogens with zero attached hydrogens (tertiary/aromatic N) is 1. The predicted octanol–water partition coefficient (Wildman–Crippen LogP) is 1.15. The minimum Gasteiger partial charge on any atom is -0.399 e. The minimum atomic E-state index is -0.545. The van der Waals surface area contributed by atoms with Crippen molar-refractivity contribution in [2.24, 2.45) is 5.73 Å². The fraction of sp³-hybridized carbons (Fsp3) is 0.462. The Morgan fingerprint density at radius 3 is 2.95 bits per heavy atom. The lowest BCUT2D eigenvalue weighted by Crippen LogP contribution is -2.45. The summed E-state index contributed by atoms with van der Waals surface area (Å²) in [6, 6.07) is 5.14. The third kappa shape index (κ3) is 3.29. The number of carbonyl (C=O) groups excluding carboxylic acids is 1. The van der Waals surface area contributed by atoms with Crippen LogP contribution in [0.3, 0.4) is 0 Å². The number of aryl methyl sites for hydroxylation is 1. The topological polar surface area (TPSA) is 93.6 Å². The second-order valence-corrected chi connectivity index (χ2v) is 4.68. The first-order valence-corrected chi connectivity index (χ1v) is 6.35. The summed E-state index contributed by atoms with van der Waals surface area (Å²) < 4.78 is 5.69. The number of urea groups is 1. The summed E-state index contributed by atoms with van der Waals surface area (Å²) in [6.45, 7) is 3.05. The van der Waals surface area contributed by atoms with Gasteiger partial charge in [-0.25, -0.2) is 4.79 Å². The zero-order chi connectivity index (χ0) is 13.8. The molecule has 1 aromatic rings. The summed E-state index contributed by atoms with van der Waals surface area (Å²) in [5, 5.41) is 2.62. The standard InChI is InChI=1S/C13H20N4O2/c1-9-7-10(14)4-5-11(9)17(8-16-13(15)18)12-3-2-6-19-12/h4-5,7,12H,2-3,6,8,14H2,1H3,(H3,15,16,18). The molecule has 1 aromatic carbocycles. The maximum atomic E-state index is 10.9. The molecule has 6 heteroatoms. The Morgan fingerprint density at radius 2 is 2.37 bits per heavy atom. The number of hydrogen-bond acceptors (Lipinski definition) is 4. The first-order chi connectivity index (χ1) is 9.08. The molecule has 2 amide bonds. The van der Waals surface area contributed by atoms with Crippen molar-refractivity contribution in [1.29, 1.82) is 0 Å². The van der Waals surface area contributed by atoms with Gasteiger partial charge in [0.25, 0.3) is 0 Å². The molecule has 1 saturated heterocycles. The van der Waals surface area contributed by atoms with Crippen LogP contribution >= 0.6 is 0 Å². The highest BCUT2D eigenvalue weighted by Crippen LogP contribution is 2.27. The van der Waals surface area contributed by atoms with Crippen molar-refractivity contribution in [3.63, 3.8) is 0 Å². The second-order valence-electron chi connectivity index (χ2n) is 4.68. The fourth-order valence-electron chi connectivity index (χ4n) is 2.31. The fourth-order valence-corrected chi connectivity index (χ4v) is 2.31. The molecule has 1 aliphatic heterocycles. The van der Waals surface area contributed by atoms with Gasteiger partial charge in [0.1, 0.15) is 6.23 Å². The quantitative estimate of drug-likeness (QED) is 0.561. The monoisotopic (exact) mass is 264 g/mol. The van der Waals surface area contributed by atoms with Crippen LogP contribution in [-0.4, -0.2) is 25.5 Å². The van der Waals surface area contributed by atoms with Crippen LogP contribution in [0.2, 0.25) is 0 Å². The predicted molar refractivity (Wildman–Crippen MR) is 74.6 cm³/mol. The van der Waals surface area contributed by atoms with Gasteiger partial charge in [-0.1, -0.05) is 0 Å². The van der Waals surface area contributed by atoms with Crippen molar-refractivity contribution in [3.8, 4) is 0 Å². The van der Waals surface area contributed by atoms with E-state index < -0.39 is 6.03 Å². The molecule has 2 rings (SSSR count). The van der Waals surface area contributed by atoms with Crippen LogP contribution in [-0.2, 0) is 4.74 Å². The lowest BCUT2D eigenvalue weighted by atomic mass is 10.1. The number of hydrogen-bond donors (Lipinski definition) is 3. The lowest BCUT2D eigenvalue weighted by molar-refractivity contribution is 0.106. The smallest absolute Gasteiger partial charge is 0.313 e. The molecule has 0 saturated carbocycles. The van der Waals surface area contributed by atoms with E-state index in [-0.39, 0.29) is 6.23 Å². The number of benzene rings is 1. The molecule has 5 N–H and O–H groups in total. The first kappa shape index (κ1) is 13.5. The van der Waals surface area contributed by atoms with Crippen molar-refractivity contribution in [2.45, 2.75) is 26.0 Å². The zero-order valence-electron chi connectivity index (χ0n) is 11.1. The van der Waals surface area contributed by atoms with Crippen molar-refractivity contribution in [2.75, 3.05) is 23.9 Å². The summed E-state index contributed by atoms with van der Waals surface area (Å²) in [4.78, 5) is 12.9. The molecule has 1 aliphatic rings. The van der Waals surface area contributed by atoms with Gasteiger partial charge in [0, 0.05) is 18.0 Å². The van der Waals surface area contributed by atoms with Crippen LogP contribution < -0.4 is 21.7 Å². The van der Waals surface area contributed by atoms with Crippen molar-refractivity contribution in [3.05, 3.63) is 23.8 Å². The molecule has 1 atom stereocenters. The zero-order valence-corrected chi connectivity index (χ0v) is 11.1. The Kier molecular flexibility index (Phi) is 4.11. The van der Waals surface area contributed by atoms with Crippen LogP contribution in [0.1, 0.15) is 18.4 Å². The highest BCUT2D eigenvalue weighted by Gasteiger charge is 2.24. The van der Waals surface area contributed by atoms with Crippen LogP contribution in [0.4, 0.5) is 16.2 Å². The third-order valence-corrected chi connectivity index (χ3v) is 3.21. The van der Waals surface area contributed by atoms with Crippen LogP contribution in [0, 0.1) is 6.92 Å². The Labute approximate surface area is 112 Å². The second kappa shape index (κ2) is 5.79. The average Bonchev–Trinajstić information content (AvgIpc) is 2.85.